The van der Waals surface area contributed by atoms with Gasteiger partial charge in [0.1, 0.15) is 6.29 Å². The minimum absolute atomic E-state index is 0.0770. The van der Waals surface area contributed by atoms with Gasteiger partial charge in [0.2, 0.25) is 0 Å². The van der Waals surface area contributed by atoms with Crippen molar-refractivity contribution in [3.63, 3.8) is 0 Å². The van der Waals surface area contributed by atoms with Crippen LogP contribution in [0.5, 0.6) is 0 Å². The van der Waals surface area contributed by atoms with E-state index in [2.05, 4.69) is 10.2 Å². The normalized spacial score (nSPS) is 12.2. The fourth-order valence-electron chi connectivity index (χ4n) is 3.78. The molecule has 0 bridgehead atoms. The minimum atomic E-state index is -4.28. The van der Waals surface area contributed by atoms with E-state index in [0.29, 0.717) is 5.82 Å². The molecule has 0 amide bonds. The molecule has 4 rings (SSSR count). The quantitative estimate of drug-likeness (QED) is 0.198. The number of halogens is 2. The van der Waals surface area contributed by atoms with E-state index in [9.17, 15) is 13.0 Å². The Bertz CT molecular complexity index is 1550. The van der Waals surface area contributed by atoms with Crippen molar-refractivity contribution in [1.29, 1.82) is 0 Å². The zero-order valence-electron chi connectivity index (χ0n) is 20.3. The fourth-order valence-corrected chi connectivity index (χ4v) is 8.16. The lowest BCUT2D eigenvalue weighted by molar-refractivity contribution is 0.221. The third-order valence-electron chi connectivity index (χ3n) is 5.37. The summed E-state index contributed by atoms with van der Waals surface area (Å²) in [6, 6.07) is 14.6. The summed E-state index contributed by atoms with van der Waals surface area (Å²) in [6.07, 6.45) is 1.27. The van der Waals surface area contributed by atoms with E-state index in [0.717, 1.165) is 20.9 Å². The Labute approximate surface area is 225 Å². The molecule has 9 nitrogen and oxygen atoms in total. The molecule has 0 radical (unpaired) electrons. The van der Waals surface area contributed by atoms with Gasteiger partial charge in [-0.2, -0.15) is 5.10 Å². The van der Waals surface area contributed by atoms with Crippen molar-refractivity contribution in [2.24, 2.45) is 0 Å². The van der Waals surface area contributed by atoms with Gasteiger partial charge in [0.05, 0.1) is 35.0 Å². The number of anilines is 1. The number of fused-ring (bicyclic) bond motifs is 1. The van der Waals surface area contributed by atoms with Crippen molar-refractivity contribution in [2.45, 2.75) is 25.7 Å². The largest absolute Gasteiger partial charge is 0.350 e. The maximum atomic E-state index is 13.9. The standard InChI is InChI=1S/C24H25Cl2N4O5PS/c1-4-34-36(31,35-5-2)16-30(37(32,33)22-14-19(25)13-20(26)15-22)21-7-8-23-18(12-21)10-11-29(23)24-9-6-17(3)27-28-24/h6-15H,4-5,16H2,1-3H3. The van der Waals surface area contributed by atoms with Gasteiger partial charge in [-0.25, -0.2) is 8.42 Å². The van der Waals surface area contributed by atoms with Crippen LogP contribution in [0.1, 0.15) is 19.5 Å². The van der Waals surface area contributed by atoms with E-state index in [1.54, 1.807) is 32.0 Å². The van der Waals surface area contributed by atoms with E-state index >= 15 is 0 Å². The number of aryl methyl sites for hydroxylation is 1. The SMILES string of the molecule is CCOP(=O)(CN(c1ccc2c(ccn2-c2ccc(C)nn2)c1)S(=O)(=O)c1cc(Cl)cc(Cl)c1)OCC. The molecule has 0 aliphatic rings. The van der Waals surface area contributed by atoms with Crippen molar-refractivity contribution in [3.8, 4) is 5.82 Å². The zero-order chi connectivity index (χ0) is 26.8. The van der Waals surface area contributed by atoms with Gasteiger partial charge in [-0.05, 0) is 75.4 Å². The van der Waals surface area contributed by atoms with Gasteiger partial charge in [-0.1, -0.05) is 23.2 Å². The lowest BCUT2D eigenvalue weighted by atomic mass is 10.2. The van der Waals surface area contributed by atoms with Gasteiger partial charge in [-0.3, -0.25) is 13.4 Å². The maximum absolute atomic E-state index is 13.9. The second kappa shape index (κ2) is 11.1. The minimum Gasteiger partial charge on any atom is -0.308 e. The predicted molar refractivity (Wildman–Crippen MR) is 145 cm³/mol. The van der Waals surface area contributed by atoms with Gasteiger partial charge >= 0.3 is 7.60 Å². The Morgan fingerprint density at radius 1 is 0.946 bits per heavy atom. The Morgan fingerprint density at radius 3 is 2.22 bits per heavy atom. The van der Waals surface area contributed by atoms with Crippen LogP contribution in [0.25, 0.3) is 16.7 Å². The van der Waals surface area contributed by atoms with Gasteiger partial charge in [0.15, 0.2) is 5.82 Å². The molecule has 196 valence electrons. The van der Waals surface area contributed by atoms with E-state index in [1.807, 2.05) is 35.9 Å². The highest BCUT2D eigenvalue weighted by Crippen LogP contribution is 2.50. The van der Waals surface area contributed by atoms with Crippen LogP contribution in [0.4, 0.5) is 5.69 Å². The summed E-state index contributed by atoms with van der Waals surface area (Å²) in [7, 11) is -8.12. The average molecular weight is 583 g/mol. The molecule has 2 aromatic heterocycles. The monoisotopic (exact) mass is 582 g/mol. The van der Waals surface area contributed by atoms with Crippen LogP contribution in [-0.2, 0) is 23.6 Å². The molecule has 0 atom stereocenters. The zero-order valence-corrected chi connectivity index (χ0v) is 23.6. The highest BCUT2D eigenvalue weighted by molar-refractivity contribution is 7.93. The lowest BCUT2D eigenvalue weighted by Gasteiger charge is -2.28. The Kier molecular flexibility index (Phi) is 8.28. The number of hydrogen-bond donors (Lipinski definition) is 0. The van der Waals surface area contributed by atoms with E-state index < -0.39 is 23.9 Å². The van der Waals surface area contributed by atoms with Crippen LogP contribution < -0.4 is 4.31 Å². The molecule has 0 saturated carbocycles. The second-order valence-electron chi connectivity index (χ2n) is 8.01. The summed E-state index contributed by atoms with van der Waals surface area (Å²) >= 11 is 12.2. The molecule has 0 unspecified atom stereocenters. The first-order valence-electron chi connectivity index (χ1n) is 11.3. The van der Waals surface area contributed by atoms with Crippen LogP contribution in [-0.4, -0.2) is 42.7 Å². The number of sulfonamides is 1. The Balaban J connectivity index is 1.84. The molecule has 0 spiro atoms. The number of hydrogen-bond acceptors (Lipinski definition) is 7. The number of nitrogens with zero attached hydrogens (tertiary/aromatic N) is 4. The van der Waals surface area contributed by atoms with E-state index in [4.69, 9.17) is 32.2 Å². The molecular weight excluding hydrogens is 558 g/mol. The van der Waals surface area contributed by atoms with Crippen LogP contribution in [0.2, 0.25) is 10.0 Å². The summed E-state index contributed by atoms with van der Waals surface area (Å²) in [6.45, 7) is 5.32. The summed E-state index contributed by atoms with van der Waals surface area (Å²) < 4.78 is 54.9. The first-order valence-corrected chi connectivity index (χ1v) is 15.3. The molecule has 0 fully saturated rings. The number of rotatable bonds is 10. The molecular formula is C24H25Cl2N4O5PS. The van der Waals surface area contributed by atoms with Crippen LogP contribution in [0.15, 0.2) is 65.7 Å². The summed E-state index contributed by atoms with van der Waals surface area (Å²) in [5.41, 5.74) is 1.83. The Morgan fingerprint density at radius 2 is 1.62 bits per heavy atom. The number of aromatic nitrogens is 3. The molecule has 0 saturated heterocycles. The summed E-state index contributed by atoms with van der Waals surface area (Å²) in [5, 5.41) is 9.36. The van der Waals surface area contributed by atoms with E-state index in [1.165, 1.54) is 18.2 Å². The fraction of sp³-hybridized carbons (Fsp3) is 0.250. The molecule has 0 N–H and O–H groups in total. The first-order chi connectivity index (χ1) is 17.6. The highest BCUT2D eigenvalue weighted by atomic mass is 35.5. The summed E-state index contributed by atoms with van der Waals surface area (Å²) in [4.78, 5) is -0.155. The van der Waals surface area contributed by atoms with Gasteiger partial charge in [0, 0.05) is 21.6 Å². The van der Waals surface area contributed by atoms with Crippen molar-refractivity contribution < 1.29 is 22.0 Å². The van der Waals surface area contributed by atoms with Crippen LogP contribution in [0, 0.1) is 6.92 Å². The van der Waals surface area contributed by atoms with Crippen molar-refractivity contribution in [2.75, 3.05) is 23.8 Å². The van der Waals surface area contributed by atoms with Crippen LogP contribution >= 0.6 is 30.8 Å². The molecule has 0 aliphatic heterocycles. The third kappa shape index (κ3) is 6.00. The van der Waals surface area contributed by atoms with Gasteiger partial charge in [0.25, 0.3) is 10.0 Å². The lowest BCUT2D eigenvalue weighted by Crippen LogP contribution is -2.33. The van der Waals surface area contributed by atoms with Gasteiger partial charge < -0.3 is 9.05 Å². The Hall–Kier alpha value is -2.46. The topological polar surface area (TPSA) is 104 Å². The molecule has 2 aromatic carbocycles. The molecule has 4 aromatic rings. The van der Waals surface area contributed by atoms with E-state index in [-0.39, 0.29) is 33.8 Å². The van der Waals surface area contributed by atoms with Crippen molar-refractivity contribution in [1.82, 2.24) is 14.8 Å². The van der Waals surface area contributed by atoms with Gasteiger partial charge in [-0.15, -0.1) is 5.10 Å². The average Bonchev–Trinajstić information content (AvgIpc) is 3.26. The molecule has 37 heavy (non-hydrogen) atoms. The second-order valence-corrected chi connectivity index (χ2v) is 12.8. The highest BCUT2D eigenvalue weighted by Gasteiger charge is 2.35. The predicted octanol–water partition coefficient (Wildman–Crippen LogP) is 6.45. The van der Waals surface area contributed by atoms with Crippen LogP contribution in [0.3, 0.4) is 0 Å². The third-order valence-corrected chi connectivity index (χ3v) is 9.68. The number of benzene rings is 2. The molecule has 0 aliphatic carbocycles. The first kappa shape index (κ1) is 27.6. The van der Waals surface area contributed by atoms with Crippen molar-refractivity contribution >= 4 is 57.4 Å². The maximum Gasteiger partial charge on any atom is 0.350 e. The van der Waals surface area contributed by atoms with Crippen molar-refractivity contribution in [3.05, 3.63) is 76.5 Å². The molecule has 2 heterocycles. The smallest absolute Gasteiger partial charge is 0.308 e. The molecule has 13 heteroatoms. The summed E-state index contributed by atoms with van der Waals surface area (Å²) in [5.74, 6) is 0.614.